The number of nitrogens with one attached hydrogen (secondary N) is 2. The number of hydrogen-bond donors (Lipinski definition) is 2. The normalized spacial score (nSPS) is 20.4. The standard InChI is InChI=1S/C16H20N2O3/c1-10(2)8-13-15(19)18-14(16(20)17-13)9-11-4-6-12(21-3)7-5-11/h4-7,9-10,13H,8H2,1-3H3,(H,17,20)(H,18,19)/b14-9+/t13-/m0/s1. The number of benzene rings is 1. The van der Waals surface area contributed by atoms with Crippen molar-refractivity contribution in [1.29, 1.82) is 0 Å². The van der Waals surface area contributed by atoms with Gasteiger partial charge in [-0.05, 0) is 36.1 Å². The molecule has 1 aliphatic heterocycles. The van der Waals surface area contributed by atoms with Crippen LogP contribution in [0.5, 0.6) is 5.75 Å². The van der Waals surface area contributed by atoms with E-state index < -0.39 is 6.04 Å². The second-order valence-electron chi connectivity index (χ2n) is 5.48. The summed E-state index contributed by atoms with van der Waals surface area (Å²) < 4.78 is 5.08. The first-order valence-corrected chi connectivity index (χ1v) is 6.97. The minimum Gasteiger partial charge on any atom is -0.497 e. The summed E-state index contributed by atoms with van der Waals surface area (Å²) in [5.41, 5.74) is 1.09. The van der Waals surface area contributed by atoms with Crippen molar-refractivity contribution in [3.63, 3.8) is 0 Å². The Morgan fingerprint density at radius 3 is 2.48 bits per heavy atom. The number of ether oxygens (including phenoxy) is 1. The number of methoxy groups -OCH3 is 1. The highest BCUT2D eigenvalue weighted by Crippen LogP contribution is 2.15. The van der Waals surface area contributed by atoms with E-state index >= 15 is 0 Å². The molecule has 1 atom stereocenters. The Hall–Kier alpha value is -2.30. The number of carbonyl (C=O) groups excluding carboxylic acids is 2. The van der Waals surface area contributed by atoms with Gasteiger partial charge in [-0.2, -0.15) is 0 Å². The third-order valence-corrected chi connectivity index (χ3v) is 3.26. The first-order chi connectivity index (χ1) is 9.99. The maximum Gasteiger partial charge on any atom is 0.268 e. The van der Waals surface area contributed by atoms with Crippen LogP contribution < -0.4 is 15.4 Å². The van der Waals surface area contributed by atoms with Crippen molar-refractivity contribution < 1.29 is 14.3 Å². The average molecular weight is 288 g/mol. The first-order valence-electron chi connectivity index (χ1n) is 6.97. The van der Waals surface area contributed by atoms with Crippen LogP contribution in [0.15, 0.2) is 30.0 Å². The Morgan fingerprint density at radius 1 is 1.24 bits per heavy atom. The van der Waals surface area contributed by atoms with E-state index in [4.69, 9.17) is 4.74 Å². The van der Waals surface area contributed by atoms with Gasteiger partial charge in [0.1, 0.15) is 17.5 Å². The summed E-state index contributed by atoms with van der Waals surface area (Å²) in [5.74, 6) is 0.665. The summed E-state index contributed by atoms with van der Waals surface area (Å²) in [6.45, 7) is 4.03. The van der Waals surface area contributed by atoms with Gasteiger partial charge in [-0.25, -0.2) is 0 Å². The molecular formula is C16H20N2O3. The van der Waals surface area contributed by atoms with E-state index in [9.17, 15) is 9.59 Å². The molecule has 0 unspecified atom stereocenters. The molecule has 1 aromatic carbocycles. The molecule has 2 rings (SSSR count). The van der Waals surface area contributed by atoms with E-state index in [0.29, 0.717) is 12.3 Å². The Bertz CT molecular complexity index is 561. The number of hydrogen-bond acceptors (Lipinski definition) is 3. The van der Waals surface area contributed by atoms with Gasteiger partial charge in [0.2, 0.25) is 5.91 Å². The van der Waals surface area contributed by atoms with Gasteiger partial charge in [0.15, 0.2) is 0 Å². The molecule has 0 aliphatic carbocycles. The maximum atomic E-state index is 12.0. The van der Waals surface area contributed by atoms with Crippen molar-refractivity contribution in [2.45, 2.75) is 26.3 Å². The summed E-state index contributed by atoms with van der Waals surface area (Å²) in [6, 6.07) is 6.80. The van der Waals surface area contributed by atoms with E-state index in [-0.39, 0.29) is 17.5 Å². The van der Waals surface area contributed by atoms with E-state index in [1.54, 1.807) is 25.3 Å². The van der Waals surface area contributed by atoms with Crippen LogP contribution in [0, 0.1) is 5.92 Å². The molecule has 2 amide bonds. The van der Waals surface area contributed by atoms with Crippen molar-refractivity contribution >= 4 is 17.9 Å². The molecular weight excluding hydrogens is 268 g/mol. The lowest BCUT2D eigenvalue weighted by molar-refractivity contribution is -0.131. The molecule has 5 heteroatoms. The Balaban J connectivity index is 2.12. The molecule has 2 N–H and O–H groups in total. The van der Waals surface area contributed by atoms with Crippen LogP contribution in [0.3, 0.4) is 0 Å². The number of carbonyl (C=O) groups is 2. The quantitative estimate of drug-likeness (QED) is 0.829. The summed E-state index contributed by atoms with van der Waals surface area (Å²) in [5, 5.41) is 5.42. The minimum atomic E-state index is -0.453. The Morgan fingerprint density at radius 2 is 1.90 bits per heavy atom. The summed E-state index contributed by atoms with van der Waals surface area (Å²) >= 11 is 0. The minimum absolute atomic E-state index is 0.164. The zero-order valence-electron chi connectivity index (χ0n) is 12.5. The second kappa shape index (κ2) is 6.43. The molecule has 0 spiro atoms. The lowest BCUT2D eigenvalue weighted by atomic mass is 10.0. The van der Waals surface area contributed by atoms with Crippen molar-refractivity contribution in [3.8, 4) is 5.75 Å². The highest BCUT2D eigenvalue weighted by atomic mass is 16.5. The lowest BCUT2D eigenvalue weighted by Gasteiger charge is -2.26. The number of piperazine rings is 1. The molecule has 1 aromatic rings. The van der Waals surface area contributed by atoms with Gasteiger partial charge in [-0.15, -0.1) is 0 Å². The van der Waals surface area contributed by atoms with Gasteiger partial charge in [0.05, 0.1) is 7.11 Å². The van der Waals surface area contributed by atoms with Gasteiger partial charge in [0, 0.05) is 0 Å². The van der Waals surface area contributed by atoms with Crippen LogP contribution in [0.4, 0.5) is 0 Å². The number of amides is 2. The van der Waals surface area contributed by atoms with Crippen molar-refractivity contribution in [2.75, 3.05) is 7.11 Å². The van der Waals surface area contributed by atoms with Crippen molar-refractivity contribution in [3.05, 3.63) is 35.5 Å². The van der Waals surface area contributed by atoms with Gasteiger partial charge in [-0.1, -0.05) is 26.0 Å². The van der Waals surface area contributed by atoms with Gasteiger partial charge >= 0.3 is 0 Å². The van der Waals surface area contributed by atoms with Gasteiger partial charge in [-0.3, -0.25) is 9.59 Å². The molecule has 0 bridgehead atoms. The van der Waals surface area contributed by atoms with E-state index in [2.05, 4.69) is 10.6 Å². The molecule has 112 valence electrons. The highest BCUT2D eigenvalue weighted by Gasteiger charge is 2.29. The van der Waals surface area contributed by atoms with Crippen LogP contribution in [0.1, 0.15) is 25.8 Å². The zero-order valence-corrected chi connectivity index (χ0v) is 12.5. The van der Waals surface area contributed by atoms with Crippen LogP contribution in [0.25, 0.3) is 6.08 Å². The molecule has 1 saturated heterocycles. The summed E-state index contributed by atoms with van der Waals surface area (Å²) in [7, 11) is 1.59. The van der Waals surface area contributed by atoms with E-state index in [0.717, 1.165) is 11.3 Å². The van der Waals surface area contributed by atoms with Crippen LogP contribution in [0.2, 0.25) is 0 Å². The van der Waals surface area contributed by atoms with Crippen molar-refractivity contribution in [2.24, 2.45) is 5.92 Å². The van der Waals surface area contributed by atoms with Gasteiger partial charge < -0.3 is 15.4 Å². The topological polar surface area (TPSA) is 67.4 Å². The average Bonchev–Trinajstić information content (AvgIpc) is 2.44. The fourth-order valence-corrected chi connectivity index (χ4v) is 2.18. The lowest BCUT2D eigenvalue weighted by Crippen LogP contribution is -2.55. The maximum absolute atomic E-state index is 12.0. The molecule has 21 heavy (non-hydrogen) atoms. The van der Waals surface area contributed by atoms with E-state index in [1.165, 1.54) is 0 Å². The largest absolute Gasteiger partial charge is 0.497 e. The molecule has 0 radical (unpaired) electrons. The monoisotopic (exact) mass is 288 g/mol. The van der Waals surface area contributed by atoms with Crippen LogP contribution in [-0.4, -0.2) is 25.0 Å². The number of rotatable bonds is 4. The Labute approximate surface area is 124 Å². The molecule has 1 aliphatic rings. The van der Waals surface area contributed by atoms with Gasteiger partial charge in [0.25, 0.3) is 5.91 Å². The fraction of sp³-hybridized carbons (Fsp3) is 0.375. The zero-order chi connectivity index (χ0) is 15.4. The van der Waals surface area contributed by atoms with Crippen LogP contribution in [-0.2, 0) is 9.59 Å². The molecule has 0 aromatic heterocycles. The first kappa shape index (κ1) is 15.1. The molecule has 1 fully saturated rings. The smallest absolute Gasteiger partial charge is 0.268 e. The van der Waals surface area contributed by atoms with E-state index in [1.807, 2.05) is 26.0 Å². The molecule has 0 saturated carbocycles. The Kier molecular flexibility index (Phi) is 4.62. The molecule has 5 nitrogen and oxygen atoms in total. The summed E-state index contributed by atoms with van der Waals surface area (Å²) in [4.78, 5) is 24.0. The third kappa shape index (κ3) is 3.84. The molecule has 1 heterocycles. The third-order valence-electron chi connectivity index (χ3n) is 3.26. The fourth-order valence-electron chi connectivity index (χ4n) is 2.18. The van der Waals surface area contributed by atoms with Crippen molar-refractivity contribution in [1.82, 2.24) is 10.6 Å². The predicted molar refractivity (Wildman–Crippen MR) is 80.5 cm³/mol. The summed E-state index contributed by atoms with van der Waals surface area (Å²) in [6.07, 6.45) is 2.28. The van der Waals surface area contributed by atoms with Crippen LogP contribution >= 0.6 is 0 Å². The predicted octanol–water partition coefficient (Wildman–Crippen LogP) is 1.70. The second-order valence-corrected chi connectivity index (χ2v) is 5.48. The SMILES string of the molecule is COc1ccc(/C=C2/NC(=O)[C@H](CC(C)C)NC2=O)cc1. The highest BCUT2D eigenvalue weighted by molar-refractivity contribution is 6.07.